The summed E-state index contributed by atoms with van der Waals surface area (Å²) in [5.74, 6) is 3.04. The minimum Gasteiger partial charge on any atom is -0.490 e. The van der Waals surface area contributed by atoms with Crippen molar-refractivity contribution in [3.05, 3.63) is 33.9 Å². The minimum atomic E-state index is -0.523. The number of hydrogen-bond acceptors (Lipinski definition) is 4. The third kappa shape index (κ3) is 2.63. The van der Waals surface area contributed by atoms with Crippen LogP contribution in [0.2, 0.25) is 0 Å². The van der Waals surface area contributed by atoms with E-state index in [0.717, 1.165) is 19.3 Å². The number of nitro benzene ring substituents is 1. The molecule has 1 aliphatic carbocycles. The zero-order valence-electron chi connectivity index (χ0n) is 12.9. The van der Waals surface area contributed by atoms with E-state index in [2.05, 4.69) is 5.92 Å². The van der Waals surface area contributed by atoms with Crippen molar-refractivity contribution in [2.24, 2.45) is 11.3 Å². The average molecular weight is 314 g/mol. The van der Waals surface area contributed by atoms with Crippen molar-refractivity contribution in [1.82, 2.24) is 4.90 Å². The van der Waals surface area contributed by atoms with Crippen molar-refractivity contribution in [2.75, 3.05) is 20.2 Å². The molecule has 1 amide bonds. The molecule has 3 rings (SSSR count). The van der Waals surface area contributed by atoms with E-state index in [4.69, 9.17) is 11.2 Å². The van der Waals surface area contributed by atoms with Crippen molar-refractivity contribution in [3.63, 3.8) is 0 Å². The fourth-order valence-corrected chi connectivity index (χ4v) is 3.51. The minimum absolute atomic E-state index is 0.0908. The molecule has 1 aliphatic heterocycles. The highest BCUT2D eigenvalue weighted by Gasteiger charge is 2.55. The van der Waals surface area contributed by atoms with E-state index in [1.165, 1.54) is 25.3 Å². The molecule has 2 fully saturated rings. The Morgan fingerprint density at radius 2 is 2.35 bits per heavy atom. The summed E-state index contributed by atoms with van der Waals surface area (Å²) < 4.78 is 5.03. The molecule has 0 N–H and O–H groups in total. The topological polar surface area (TPSA) is 72.7 Å². The second kappa shape index (κ2) is 5.58. The highest BCUT2D eigenvalue weighted by molar-refractivity contribution is 5.95. The van der Waals surface area contributed by atoms with Crippen LogP contribution < -0.4 is 4.74 Å². The molecule has 1 saturated carbocycles. The lowest BCUT2D eigenvalue weighted by Crippen LogP contribution is -2.41. The maximum atomic E-state index is 12.7. The van der Waals surface area contributed by atoms with Crippen LogP contribution in [0.1, 0.15) is 29.6 Å². The Kier molecular flexibility index (Phi) is 3.72. The van der Waals surface area contributed by atoms with Crippen LogP contribution in [0.4, 0.5) is 5.69 Å². The zero-order valence-corrected chi connectivity index (χ0v) is 12.9. The van der Waals surface area contributed by atoms with Crippen LogP contribution in [-0.2, 0) is 0 Å². The van der Waals surface area contributed by atoms with Crippen LogP contribution in [0.25, 0.3) is 0 Å². The number of ether oxygens (including phenoxy) is 1. The molecule has 1 heterocycles. The van der Waals surface area contributed by atoms with E-state index in [1.54, 1.807) is 4.90 Å². The van der Waals surface area contributed by atoms with Gasteiger partial charge in [-0.2, -0.15) is 0 Å². The van der Waals surface area contributed by atoms with Gasteiger partial charge in [-0.05, 0) is 25.3 Å². The van der Waals surface area contributed by atoms with Crippen LogP contribution in [0.15, 0.2) is 18.2 Å². The normalized spacial score (nSPS) is 25.7. The maximum Gasteiger partial charge on any atom is 0.310 e. The van der Waals surface area contributed by atoms with E-state index in [-0.39, 0.29) is 28.7 Å². The Hall–Kier alpha value is -2.55. The number of carbonyl (C=O) groups excluding carboxylic acids is 1. The third-order valence-electron chi connectivity index (χ3n) is 4.91. The SMILES string of the molecule is C#C[C@H]1C[C@]12CCCN(C(=O)c1ccc([N+](=O)[O-])c(OC)c1)C2. The number of nitrogens with zero attached hydrogens (tertiary/aromatic N) is 2. The molecular weight excluding hydrogens is 296 g/mol. The van der Waals surface area contributed by atoms with Crippen LogP contribution in [0.5, 0.6) is 5.75 Å². The predicted octanol–water partition coefficient (Wildman–Crippen LogP) is 2.48. The molecule has 0 bridgehead atoms. The number of likely N-dealkylation sites (tertiary alicyclic amines) is 1. The van der Waals surface area contributed by atoms with Gasteiger partial charge in [0.05, 0.1) is 12.0 Å². The van der Waals surface area contributed by atoms with Gasteiger partial charge in [-0.3, -0.25) is 14.9 Å². The Morgan fingerprint density at radius 3 is 2.96 bits per heavy atom. The Bertz CT molecular complexity index is 709. The number of terminal acetylenes is 1. The number of rotatable bonds is 3. The number of piperidine rings is 1. The first-order chi connectivity index (χ1) is 11.0. The summed E-state index contributed by atoms with van der Waals surface area (Å²) in [5.41, 5.74) is 0.351. The van der Waals surface area contributed by atoms with Crippen molar-refractivity contribution in [1.29, 1.82) is 0 Å². The number of hydrogen-bond donors (Lipinski definition) is 0. The van der Waals surface area contributed by atoms with Crippen LogP contribution in [0.3, 0.4) is 0 Å². The number of benzene rings is 1. The summed E-state index contributed by atoms with van der Waals surface area (Å²) in [6, 6.07) is 4.23. The van der Waals surface area contributed by atoms with E-state index in [0.29, 0.717) is 18.7 Å². The Balaban J connectivity index is 1.81. The quantitative estimate of drug-likeness (QED) is 0.488. The standard InChI is InChI=1S/C17H18N2O4/c1-3-13-10-17(13)7-4-8-18(11-17)16(20)12-5-6-14(19(21)22)15(9-12)23-2/h1,5-6,9,13H,4,7-8,10-11H2,2H3/t13-,17-/m0/s1. The first-order valence-corrected chi connectivity index (χ1v) is 7.58. The van der Waals surface area contributed by atoms with Gasteiger partial charge >= 0.3 is 5.69 Å². The summed E-state index contributed by atoms with van der Waals surface area (Å²) in [5, 5.41) is 10.9. The van der Waals surface area contributed by atoms with Gasteiger partial charge in [0, 0.05) is 42.1 Å². The van der Waals surface area contributed by atoms with Gasteiger partial charge in [-0.1, -0.05) is 0 Å². The molecule has 1 aromatic carbocycles. The van der Waals surface area contributed by atoms with Gasteiger partial charge in [-0.25, -0.2) is 0 Å². The van der Waals surface area contributed by atoms with E-state index >= 15 is 0 Å². The largest absolute Gasteiger partial charge is 0.490 e. The molecule has 6 heteroatoms. The fourth-order valence-electron chi connectivity index (χ4n) is 3.51. The monoisotopic (exact) mass is 314 g/mol. The lowest BCUT2D eigenvalue weighted by atomic mass is 9.92. The Labute approximate surface area is 134 Å². The molecule has 1 aromatic rings. The number of nitro groups is 1. The first-order valence-electron chi connectivity index (χ1n) is 7.58. The molecule has 0 radical (unpaired) electrons. The fraction of sp³-hybridized carbons (Fsp3) is 0.471. The van der Waals surface area contributed by atoms with Gasteiger partial charge in [0.2, 0.25) is 0 Å². The summed E-state index contributed by atoms with van der Waals surface area (Å²) >= 11 is 0. The van der Waals surface area contributed by atoms with E-state index < -0.39 is 4.92 Å². The second-order valence-corrected chi connectivity index (χ2v) is 6.26. The Morgan fingerprint density at radius 1 is 1.57 bits per heavy atom. The number of amides is 1. The lowest BCUT2D eigenvalue weighted by Gasteiger charge is -2.33. The van der Waals surface area contributed by atoms with Gasteiger partial charge in [-0.15, -0.1) is 12.3 Å². The smallest absolute Gasteiger partial charge is 0.310 e. The summed E-state index contributed by atoms with van der Waals surface area (Å²) in [7, 11) is 1.36. The van der Waals surface area contributed by atoms with Crippen molar-refractivity contribution < 1.29 is 14.5 Å². The third-order valence-corrected chi connectivity index (χ3v) is 4.91. The van der Waals surface area contributed by atoms with Crippen LogP contribution in [-0.4, -0.2) is 35.9 Å². The highest BCUT2D eigenvalue weighted by atomic mass is 16.6. The zero-order chi connectivity index (χ0) is 16.6. The second-order valence-electron chi connectivity index (χ2n) is 6.26. The summed E-state index contributed by atoms with van der Waals surface area (Å²) in [4.78, 5) is 24.9. The molecule has 120 valence electrons. The van der Waals surface area contributed by atoms with E-state index in [9.17, 15) is 14.9 Å². The predicted molar refractivity (Wildman–Crippen MR) is 84.2 cm³/mol. The highest BCUT2D eigenvalue weighted by Crippen LogP contribution is 2.57. The lowest BCUT2D eigenvalue weighted by molar-refractivity contribution is -0.385. The van der Waals surface area contributed by atoms with Crippen molar-refractivity contribution >= 4 is 11.6 Å². The number of carbonyl (C=O) groups is 1. The van der Waals surface area contributed by atoms with Crippen LogP contribution in [0, 0.1) is 33.8 Å². The molecule has 1 saturated heterocycles. The van der Waals surface area contributed by atoms with Crippen molar-refractivity contribution in [3.8, 4) is 18.1 Å². The first kappa shape index (κ1) is 15.3. The maximum absolute atomic E-state index is 12.7. The molecule has 0 aromatic heterocycles. The summed E-state index contributed by atoms with van der Waals surface area (Å²) in [6.45, 7) is 1.36. The van der Waals surface area contributed by atoms with Gasteiger partial charge in [0.1, 0.15) is 0 Å². The molecule has 0 unspecified atom stereocenters. The number of methoxy groups -OCH3 is 1. The van der Waals surface area contributed by atoms with Crippen LogP contribution >= 0.6 is 0 Å². The van der Waals surface area contributed by atoms with Gasteiger partial charge in [0.25, 0.3) is 5.91 Å². The summed E-state index contributed by atoms with van der Waals surface area (Å²) in [6.07, 6.45) is 8.51. The average Bonchev–Trinajstić information content (AvgIpc) is 3.25. The molecule has 2 aliphatic rings. The molecule has 1 spiro atoms. The molecule has 2 atom stereocenters. The molecule has 6 nitrogen and oxygen atoms in total. The van der Waals surface area contributed by atoms with Gasteiger partial charge in [0.15, 0.2) is 5.75 Å². The van der Waals surface area contributed by atoms with E-state index in [1.807, 2.05) is 0 Å². The molecular formula is C17H18N2O4. The molecule has 23 heavy (non-hydrogen) atoms. The van der Waals surface area contributed by atoms with Crippen molar-refractivity contribution in [2.45, 2.75) is 19.3 Å². The van der Waals surface area contributed by atoms with Gasteiger partial charge < -0.3 is 9.64 Å².